The Kier molecular flexibility index (Phi) is 5.79. The van der Waals surface area contributed by atoms with Gasteiger partial charge in [-0.25, -0.2) is 9.78 Å². The van der Waals surface area contributed by atoms with E-state index in [1.807, 2.05) is 30.6 Å². The summed E-state index contributed by atoms with van der Waals surface area (Å²) in [6.07, 6.45) is 6.11. The maximum absolute atomic E-state index is 12.6. The summed E-state index contributed by atoms with van der Waals surface area (Å²) in [5.41, 5.74) is 2.03. The highest BCUT2D eigenvalue weighted by Crippen LogP contribution is 2.40. The summed E-state index contributed by atoms with van der Waals surface area (Å²) in [5.74, 6) is 1.20. The lowest BCUT2D eigenvalue weighted by molar-refractivity contribution is -0.0835. The number of rotatable bonds is 7. The lowest BCUT2D eigenvalue weighted by Gasteiger charge is -2.40. The van der Waals surface area contributed by atoms with Crippen molar-refractivity contribution in [1.29, 1.82) is 0 Å². The molecule has 2 saturated carbocycles. The Morgan fingerprint density at radius 1 is 1.23 bits per heavy atom. The number of nitrogens with one attached hydrogen (secondary N) is 1. The molecule has 3 aliphatic rings. The minimum atomic E-state index is -0.688. The molecule has 2 amide bonds. The number of carbonyl (C=O) groups is 1. The highest BCUT2D eigenvalue weighted by atomic mass is 32.1. The van der Waals surface area contributed by atoms with Gasteiger partial charge < -0.3 is 24.8 Å². The molecule has 1 aliphatic heterocycles. The second-order valence-corrected chi connectivity index (χ2v) is 10.4. The van der Waals surface area contributed by atoms with Crippen molar-refractivity contribution in [2.75, 3.05) is 19.7 Å². The molecule has 1 aromatic heterocycles. The van der Waals surface area contributed by atoms with Crippen molar-refractivity contribution in [3.05, 3.63) is 23.7 Å². The lowest BCUT2D eigenvalue weighted by Crippen LogP contribution is -2.60. The lowest BCUT2D eigenvalue weighted by atomic mass is 9.92. The zero-order valence-electron chi connectivity index (χ0n) is 18.0. The van der Waals surface area contributed by atoms with Crippen LogP contribution in [0, 0.1) is 5.92 Å². The molecule has 1 saturated heterocycles. The van der Waals surface area contributed by atoms with Crippen molar-refractivity contribution in [3.8, 4) is 5.75 Å². The highest BCUT2D eigenvalue weighted by molar-refractivity contribution is 7.16. The molecule has 2 heterocycles. The molecule has 2 aliphatic carbocycles. The smallest absolute Gasteiger partial charge is 0.317 e. The zero-order valence-corrected chi connectivity index (χ0v) is 18.8. The Balaban J connectivity index is 1.01. The predicted octanol–water partition coefficient (Wildman–Crippen LogP) is 3.56. The molecule has 31 heavy (non-hydrogen) atoms. The second-order valence-electron chi connectivity index (χ2n) is 9.47. The summed E-state index contributed by atoms with van der Waals surface area (Å²) in [4.78, 5) is 18.8. The van der Waals surface area contributed by atoms with Gasteiger partial charge in [0.05, 0.1) is 41.6 Å². The average molecular weight is 446 g/mol. The molecular formula is C23H31N3O4S. The van der Waals surface area contributed by atoms with Gasteiger partial charge in [-0.15, -0.1) is 11.3 Å². The number of aliphatic hydroxyl groups is 1. The maximum atomic E-state index is 12.6. The number of fused-ring (bicyclic) bond motifs is 1. The molecule has 1 atom stereocenters. The normalized spacial score (nSPS) is 26.3. The van der Waals surface area contributed by atoms with Crippen LogP contribution in [0.5, 0.6) is 5.75 Å². The quantitative estimate of drug-likeness (QED) is 0.681. The van der Waals surface area contributed by atoms with Crippen molar-refractivity contribution < 1.29 is 19.4 Å². The highest BCUT2D eigenvalue weighted by Gasteiger charge is 2.41. The number of hydrogen-bond donors (Lipinski definition) is 2. The third-order valence-corrected chi connectivity index (χ3v) is 7.62. The number of nitrogens with zero attached hydrogens (tertiary/aromatic N) is 2. The summed E-state index contributed by atoms with van der Waals surface area (Å²) < 4.78 is 13.2. The van der Waals surface area contributed by atoms with Crippen molar-refractivity contribution in [2.24, 2.45) is 5.92 Å². The predicted molar refractivity (Wildman–Crippen MR) is 119 cm³/mol. The molecule has 1 aromatic carbocycles. The molecule has 8 heteroatoms. The van der Waals surface area contributed by atoms with Crippen molar-refractivity contribution in [3.63, 3.8) is 0 Å². The molecule has 2 aromatic rings. The fourth-order valence-electron chi connectivity index (χ4n) is 4.56. The van der Waals surface area contributed by atoms with E-state index in [2.05, 4.69) is 10.3 Å². The third kappa shape index (κ3) is 4.81. The molecule has 5 rings (SSSR count). The van der Waals surface area contributed by atoms with Gasteiger partial charge in [-0.1, -0.05) is 6.07 Å². The van der Waals surface area contributed by atoms with Gasteiger partial charge in [-0.2, -0.15) is 0 Å². The van der Waals surface area contributed by atoms with Crippen LogP contribution in [0.15, 0.2) is 23.7 Å². The molecular weight excluding hydrogens is 414 g/mol. The number of likely N-dealkylation sites (tertiary alicyclic amines) is 1. The molecule has 1 unspecified atom stereocenters. The monoisotopic (exact) mass is 445 g/mol. The van der Waals surface area contributed by atoms with Crippen LogP contribution in [0.2, 0.25) is 0 Å². The summed E-state index contributed by atoms with van der Waals surface area (Å²) in [6, 6.07) is 6.14. The average Bonchev–Trinajstić information content (AvgIpc) is 3.48. The van der Waals surface area contributed by atoms with Crippen LogP contribution in [0.4, 0.5) is 4.79 Å². The van der Waals surface area contributed by atoms with Crippen molar-refractivity contribution in [2.45, 2.75) is 69.3 Å². The molecule has 0 radical (unpaired) electrons. The van der Waals surface area contributed by atoms with E-state index in [0.717, 1.165) is 54.5 Å². The van der Waals surface area contributed by atoms with Crippen LogP contribution in [-0.4, -0.2) is 64.6 Å². The van der Waals surface area contributed by atoms with Gasteiger partial charge in [-0.3, -0.25) is 0 Å². The van der Waals surface area contributed by atoms with Crippen LogP contribution in [-0.2, 0) is 4.74 Å². The van der Waals surface area contributed by atoms with Crippen molar-refractivity contribution >= 4 is 27.6 Å². The first kappa shape index (κ1) is 21.0. The minimum absolute atomic E-state index is 0.00671. The van der Waals surface area contributed by atoms with Gasteiger partial charge in [0.15, 0.2) is 0 Å². The van der Waals surface area contributed by atoms with Crippen LogP contribution in [0.25, 0.3) is 10.2 Å². The minimum Gasteiger partial charge on any atom is -0.484 e. The van der Waals surface area contributed by atoms with E-state index in [1.165, 1.54) is 0 Å². The number of carbonyl (C=O) groups excluding carboxylic acids is 1. The number of hydrogen-bond acceptors (Lipinski definition) is 6. The van der Waals surface area contributed by atoms with Crippen molar-refractivity contribution in [1.82, 2.24) is 15.2 Å². The second kappa shape index (κ2) is 8.56. The van der Waals surface area contributed by atoms with Crippen LogP contribution < -0.4 is 10.1 Å². The first-order chi connectivity index (χ1) is 15.0. The van der Waals surface area contributed by atoms with Gasteiger partial charge in [0, 0.05) is 6.04 Å². The molecule has 3 fully saturated rings. The fraction of sp³-hybridized carbons (Fsp3) is 0.652. The van der Waals surface area contributed by atoms with E-state index in [0.29, 0.717) is 25.6 Å². The fourth-order valence-corrected chi connectivity index (χ4v) is 5.26. The summed E-state index contributed by atoms with van der Waals surface area (Å²) >= 11 is 1.60. The van der Waals surface area contributed by atoms with E-state index in [1.54, 1.807) is 16.2 Å². The first-order valence-corrected chi connectivity index (χ1v) is 12.2. The molecule has 2 N–H and O–H groups in total. The Morgan fingerprint density at radius 3 is 2.74 bits per heavy atom. The van der Waals surface area contributed by atoms with E-state index >= 15 is 0 Å². The SMILES string of the molecule is CC(O)(COC1CCC(NC(=O)N2CC(Oc3cccc4scnc34)C2)CC1)C1CC1. The number of thiazole rings is 1. The largest absolute Gasteiger partial charge is 0.484 e. The first-order valence-electron chi connectivity index (χ1n) is 11.4. The molecule has 0 bridgehead atoms. The number of urea groups is 1. The standard InChI is InChI=1S/C23H31N3O4S/c1-23(28,15-5-6-15)13-29-17-9-7-16(8-10-17)25-22(27)26-11-18(12-26)30-19-3-2-4-20-21(19)24-14-31-20/h2-4,14-18,28H,5-13H2,1H3,(H,25,27). The van der Waals surface area contributed by atoms with Gasteiger partial charge >= 0.3 is 6.03 Å². The Hall–Kier alpha value is -1.90. The topological polar surface area (TPSA) is 83.9 Å². The van der Waals surface area contributed by atoms with Crippen LogP contribution in [0.3, 0.4) is 0 Å². The Bertz CT molecular complexity index is 914. The number of benzene rings is 1. The van der Waals surface area contributed by atoms with Gasteiger partial charge in [-0.05, 0) is 63.5 Å². The van der Waals surface area contributed by atoms with Crippen LogP contribution in [0.1, 0.15) is 45.4 Å². The van der Waals surface area contributed by atoms with Gasteiger partial charge in [0.25, 0.3) is 0 Å². The van der Waals surface area contributed by atoms with Gasteiger partial charge in [0.1, 0.15) is 17.4 Å². The van der Waals surface area contributed by atoms with Gasteiger partial charge in [0.2, 0.25) is 0 Å². The summed E-state index contributed by atoms with van der Waals surface area (Å²) in [5, 5.41) is 13.6. The molecule has 7 nitrogen and oxygen atoms in total. The number of para-hydroxylation sites is 1. The van der Waals surface area contributed by atoms with E-state index in [4.69, 9.17) is 9.47 Å². The maximum Gasteiger partial charge on any atom is 0.317 e. The summed E-state index contributed by atoms with van der Waals surface area (Å²) in [7, 11) is 0. The zero-order chi connectivity index (χ0) is 21.4. The molecule has 168 valence electrons. The third-order valence-electron chi connectivity index (χ3n) is 6.82. The van der Waals surface area contributed by atoms with Crippen LogP contribution >= 0.6 is 11.3 Å². The van der Waals surface area contributed by atoms with E-state index in [9.17, 15) is 9.90 Å². The summed E-state index contributed by atoms with van der Waals surface area (Å²) in [6.45, 7) is 3.50. The molecule has 0 spiro atoms. The number of aromatic nitrogens is 1. The number of ether oxygens (including phenoxy) is 2. The Labute approximate surface area is 186 Å². The number of amides is 2. The Morgan fingerprint density at radius 2 is 2.00 bits per heavy atom. The van der Waals surface area contributed by atoms with E-state index in [-0.39, 0.29) is 24.3 Å². The van der Waals surface area contributed by atoms with E-state index < -0.39 is 5.60 Å².